The second-order valence-electron chi connectivity index (χ2n) is 10.3. The van der Waals surface area contributed by atoms with Crippen LogP contribution in [0.1, 0.15) is 26.4 Å². The van der Waals surface area contributed by atoms with Crippen molar-refractivity contribution in [3.8, 4) is 28.8 Å². The number of fused-ring (bicyclic) bond motifs is 1. The van der Waals surface area contributed by atoms with E-state index in [1.807, 2.05) is 11.9 Å². The summed E-state index contributed by atoms with van der Waals surface area (Å²) in [6.45, 7) is 3.20. The summed E-state index contributed by atoms with van der Waals surface area (Å²) in [6, 6.07) is 17.8. The Bertz CT molecular complexity index is 1850. The first kappa shape index (κ1) is 29.2. The molecular formula is C30H29N5O8S. The van der Waals surface area contributed by atoms with Gasteiger partial charge in [0.2, 0.25) is 22.7 Å². The van der Waals surface area contributed by atoms with Gasteiger partial charge in [0.05, 0.1) is 5.69 Å². The first-order chi connectivity index (χ1) is 21.1. The Kier molecular flexibility index (Phi) is 7.71. The fourth-order valence-corrected chi connectivity index (χ4v) is 6.49. The molecule has 1 aromatic heterocycles. The van der Waals surface area contributed by atoms with Gasteiger partial charge in [-0.2, -0.15) is 14.1 Å². The number of hydrogen-bond donors (Lipinski definition) is 2. The van der Waals surface area contributed by atoms with Crippen molar-refractivity contribution >= 4 is 27.6 Å². The summed E-state index contributed by atoms with van der Waals surface area (Å²) in [7, 11) is -2.20. The van der Waals surface area contributed by atoms with E-state index in [0.29, 0.717) is 35.8 Å². The highest BCUT2D eigenvalue weighted by atomic mass is 32.2. The third-order valence-electron chi connectivity index (χ3n) is 7.39. The van der Waals surface area contributed by atoms with E-state index in [2.05, 4.69) is 10.4 Å². The summed E-state index contributed by atoms with van der Waals surface area (Å²) in [5.74, 6) is -0.786. The number of benzene rings is 3. The lowest BCUT2D eigenvalue weighted by atomic mass is 10.2. The van der Waals surface area contributed by atoms with Crippen LogP contribution in [0.5, 0.6) is 23.1 Å². The topological polar surface area (TPSA) is 153 Å². The molecule has 0 bridgehead atoms. The van der Waals surface area contributed by atoms with Crippen LogP contribution in [-0.4, -0.2) is 84.4 Å². The van der Waals surface area contributed by atoms with Crippen LogP contribution in [0.4, 0.5) is 5.69 Å². The number of carbonyl (C=O) groups excluding carboxylic acids is 1. The monoisotopic (exact) mass is 619 g/mol. The van der Waals surface area contributed by atoms with Crippen LogP contribution in [0, 0.1) is 6.92 Å². The lowest BCUT2D eigenvalue weighted by Gasteiger charge is -2.32. The molecule has 1 amide bonds. The molecule has 0 aliphatic carbocycles. The predicted octanol–water partition coefficient (Wildman–Crippen LogP) is 3.59. The molecule has 6 rings (SSSR count). The van der Waals surface area contributed by atoms with Crippen molar-refractivity contribution < 1.29 is 37.3 Å². The molecule has 0 unspecified atom stereocenters. The Hall–Kier alpha value is -4.92. The molecule has 44 heavy (non-hydrogen) atoms. The highest BCUT2D eigenvalue weighted by molar-refractivity contribution is 7.89. The zero-order valence-electron chi connectivity index (χ0n) is 23.9. The molecule has 0 spiro atoms. The van der Waals surface area contributed by atoms with Gasteiger partial charge < -0.3 is 29.5 Å². The smallest absolute Gasteiger partial charge is 0.356 e. The minimum Gasteiger partial charge on any atom is -0.476 e. The summed E-state index contributed by atoms with van der Waals surface area (Å²) in [4.78, 5) is 26.9. The number of carbonyl (C=O) groups is 2. The van der Waals surface area contributed by atoms with Gasteiger partial charge in [-0.25, -0.2) is 13.2 Å². The van der Waals surface area contributed by atoms with E-state index in [1.54, 1.807) is 55.5 Å². The number of hydrogen-bond acceptors (Lipinski definition) is 9. The molecule has 3 aromatic carbocycles. The highest BCUT2D eigenvalue weighted by Crippen LogP contribution is 2.37. The fraction of sp³-hybridized carbons (Fsp3) is 0.233. The Morgan fingerprint density at radius 2 is 1.68 bits per heavy atom. The van der Waals surface area contributed by atoms with Gasteiger partial charge in [0.25, 0.3) is 5.91 Å². The van der Waals surface area contributed by atoms with Crippen LogP contribution < -0.4 is 19.5 Å². The molecule has 14 heteroatoms. The Morgan fingerprint density at radius 1 is 0.955 bits per heavy atom. The number of carboxylic acid groups (broad SMARTS) is 1. The van der Waals surface area contributed by atoms with E-state index in [0.717, 1.165) is 0 Å². The first-order valence-corrected chi connectivity index (χ1v) is 15.2. The molecule has 1 fully saturated rings. The number of piperazine rings is 1. The maximum Gasteiger partial charge on any atom is 0.356 e. The third-order valence-corrected chi connectivity index (χ3v) is 9.31. The van der Waals surface area contributed by atoms with E-state index in [9.17, 15) is 23.1 Å². The number of sulfonamides is 1. The second kappa shape index (κ2) is 11.6. The standard InChI is InChI=1S/C30H29N5O8S/c1-19-27(30(37)38)32-35(22-6-4-3-5-7-22)29(19)43-24-11-9-21(17-26(24)44(39,40)34-14-12-33(2)13-15-34)31-28(36)20-8-10-23-25(16-20)42-18-41-23/h3-11,16-17H,12-15,18H2,1-2H3,(H,31,36)(H,37,38). The molecule has 4 aromatic rings. The average molecular weight is 620 g/mol. The molecule has 0 atom stereocenters. The van der Waals surface area contributed by atoms with Gasteiger partial charge >= 0.3 is 5.97 Å². The molecule has 2 aliphatic rings. The Balaban J connectivity index is 1.40. The molecule has 228 valence electrons. The molecular weight excluding hydrogens is 590 g/mol. The highest BCUT2D eigenvalue weighted by Gasteiger charge is 2.32. The molecule has 13 nitrogen and oxygen atoms in total. The van der Waals surface area contributed by atoms with E-state index in [4.69, 9.17) is 14.2 Å². The number of rotatable bonds is 8. The van der Waals surface area contributed by atoms with Gasteiger partial charge in [0.1, 0.15) is 10.6 Å². The lowest BCUT2D eigenvalue weighted by molar-refractivity contribution is 0.0689. The molecule has 3 heterocycles. The largest absolute Gasteiger partial charge is 0.476 e. The van der Waals surface area contributed by atoms with Crippen LogP contribution in [0.2, 0.25) is 0 Å². The van der Waals surface area contributed by atoms with Crippen molar-refractivity contribution in [3.05, 3.63) is 83.6 Å². The van der Waals surface area contributed by atoms with Crippen LogP contribution >= 0.6 is 0 Å². The number of ether oxygens (including phenoxy) is 3. The summed E-state index contributed by atoms with van der Waals surface area (Å²) in [6.07, 6.45) is 0. The number of nitrogens with one attached hydrogen (secondary N) is 1. The van der Waals surface area contributed by atoms with Crippen molar-refractivity contribution in [1.29, 1.82) is 0 Å². The van der Waals surface area contributed by atoms with Gasteiger partial charge in [-0.3, -0.25) is 4.79 Å². The quantitative estimate of drug-likeness (QED) is 0.299. The van der Waals surface area contributed by atoms with Gasteiger partial charge in [-0.15, -0.1) is 0 Å². The van der Waals surface area contributed by atoms with Crippen molar-refractivity contribution in [2.24, 2.45) is 0 Å². The van der Waals surface area contributed by atoms with Crippen LogP contribution in [0.3, 0.4) is 0 Å². The van der Waals surface area contributed by atoms with Crippen LogP contribution in [0.15, 0.2) is 71.6 Å². The number of carboxylic acids is 1. The Labute approximate surface area is 253 Å². The number of nitrogens with zero attached hydrogens (tertiary/aromatic N) is 4. The summed E-state index contributed by atoms with van der Waals surface area (Å²) < 4.78 is 47.7. The molecule has 1 saturated heterocycles. The number of aromatic carboxylic acids is 1. The van der Waals surface area contributed by atoms with Gasteiger partial charge in [0, 0.05) is 43.0 Å². The fourth-order valence-electron chi connectivity index (χ4n) is 4.93. The summed E-state index contributed by atoms with van der Waals surface area (Å²) >= 11 is 0. The molecule has 0 radical (unpaired) electrons. The predicted molar refractivity (Wildman–Crippen MR) is 159 cm³/mol. The number of anilines is 1. The van der Waals surface area contributed by atoms with Gasteiger partial charge in [-0.05, 0) is 62.5 Å². The lowest BCUT2D eigenvalue weighted by Crippen LogP contribution is -2.47. The van der Waals surface area contributed by atoms with Crippen LogP contribution in [0.25, 0.3) is 5.69 Å². The Morgan fingerprint density at radius 3 is 2.41 bits per heavy atom. The average Bonchev–Trinajstić information content (AvgIpc) is 3.62. The zero-order valence-corrected chi connectivity index (χ0v) is 24.7. The van der Waals surface area contributed by atoms with Crippen molar-refractivity contribution in [1.82, 2.24) is 19.0 Å². The third kappa shape index (κ3) is 5.57. The normalized spacial score (nSPS) is 15.2. The SMILES string of the molecule is Cc1c(C(=O)O)nn(-c2ccccc2)c1Oc1ccc(NC(=O)c2ccc3c(c2)OCO3)cc1S(=O)(=O)N1CCN(C)CC1. The molecule has 0 saturated carbocycles. The van der Waals surface area contributed by atoms with Crippen molar-refractivity contribution in [2.75, 3.05) is 45.3 Å². The minimum atomic E-state index is -4.12. The van der Waals surface area contributed by atoms with E-state index in [1.165, 1.54) is 27.2 Å². The number of amides is 1. The van der Waals surface area contributed by atoms with Gasteiger partial charge in [0.15, 0.2) is 17.2 Å². The second-order valence-corrected chi connectivity index (χ2v) is 12.2. The van der Waals surface area contributed by atoms with E-state index < -0.39 is 21.9 Å². The summed E-state index contributed by atoms with van der Waals surface area (Å²) in [5.41, 5.74) is 1.01. The van der Waals surface area contributed by atoms with Crippen molar-refractivity contribution in [3.63, 3.8) is 0 Å². The zero-order chi connectivity index (χ0) is 31.0. The maximum atomic E-state index is 14.1. The number of likely N-dealkylation sites (N-methyl/N-ethyl adjacent to an activating group) is 1. The van der Waals surface area contributed by atoms with Gasteiger partial charge in [-0.1, -0.05) is 18.2 Å². The first-order valence-electron chi connectivity index (χ1n) is 13.7. The molecule has 2 N–H and O–H groups in total. The van der Waals surface area contributed by atoms with Crippen LogP contribution in [-0.2, 0) is 10.0 Å². The maximum absolute atomic E-state index is 14.1. The number of para-hydroxylation sites is 1. The molecule has 2 aliphatic heterocycles. The minimum absolute atomic E-state index is 0.0422. The summed E-state index contributed by atoms with van der Waals surface area (Å²) in [5, 5.41) is 16.7. The van der Waals surface area contributed by atoms with Crippen molar-refractivity contribution in [2.45, 2.75) is 11.8 Å². The number of aromatic nitrogens is 2. The van der Waals surface area contributed by atoms with E-state index >= 15 is 0 Å². The van der Waals surface area contributed by atoms with E-state index in [-0.39, 0.29) is 53.4 Å².